The molecule has 2 nitrogen and oxygen atoms in total. The molecule has 0 heterocycles. The molecule has 0 saturated carbocycles. The fraction of sp³-hybridized carbons (Fsp3) is 0.125. The zero-order valence-corrected chi connectivity index (χ0v) is 10.4. The summed E-state index contributed by atoms with van der Waals surface area (Å²) in [4.78, 5) is 0. The van der Waals surface area contributed by atoms with Crippen molar-refractivity contribution < 1.29 is 10.2 Å². The summed E-state index contributed by atoms with van der Waals surface area (Å²) in [6.45, 7) is 4.06. The monoisotopic (exact) mass is 238 g/mol. The first-order valence-corrected chi connectivity index (χ1v) is 5.94. The zero-order chi connectivity index (χ0) is 12.9. The van der Waals surface area contributed by atoms with Gasteiger partial charge >= 0.3 is 0 Å². The first-order valence-electron chi connectivity index (χ1n) is 5.94. The fourth-order valence-electron chi connectivity index (χ4n) is 2.73. The topological polar surface area (TPSA) is 40.5 Å². The minimum absolute atomic E-state index is 0.122. The highest BCUT2D eigenvalue weighted by molar-refractivity contribution is 6.11. The lowest BCUT2D eigenvalue weighted by Gasteiger charge is -2.13. The van der Waals surface area contributed by atoms with E-state index in [-0.39, 0.29) is 11.5 Å². The minimum atomic E-state index is 0.122. The second kappa shape index (κ2) is 3.64. The normalized spacial score (nSPS) is 11.2. The number of aromatic hydroxyl groups is 2. The second-order valence-electron chi connectivity index (χ2n) is 4.67. The maximum Gasteiger partial charge on any atom is 0.134 e. The molecule has 18 heavy (non-hydrogen) atoms. The summed E-state index contributed by atoms with van der Waals surface area (Å²) in [5, 5.41) is 23.6. The van der Waals surface area contributed by atoms with Crippen LogP contribution in [0.5, 0.6) is 11.5 Å². The highest BCUT2D eigenvalue weighted by Crippen LogP contribution is 2.42. The maximum absolute atomic E-state index is 10.4. The predicted molar refractivity (Wildman–Crippen MR) is 74.3 cm³/mol. The molecule has 0 fully saturated rings. The Hall–Kier alpha value is -2.22. The van der Waals surface area contributed by atoms with Crippen LogP contribution in [0.4, 0.5) is 0 Å². The Balaban J connectivity index is 2.70. The van der Waals surface area contributed by atoms with Crippen LogP contribution in [0.1, 0.15) is 11.1 Å². The molecule has 2 heteroatoms. The van der Waals surface area contributed by atoms with E-state index in [0.29, 0.717) is 5.39 Å². The molecule has 0 aliphatic heterocycles. The van der Waals surface area contributed by atoms with Gasteiger partial charge in [-0.25, -0.2) is 0 Å². The van der Waals surface area contributed by atoms with Crippen LogP contribution >= 0.6 is 0 Å². The van der Waals surface area contributed by atoms with Crippen LogP contribution in [0.15, 0.2) is 36.4 Å². The molecular formula is C16H14O2. The van der Waals surface area contributed by atoms with Crippen LogP contribution in [0.25, 0.3) is 21.5 Å². The van der Waals surface area contributed by atoms with E-state index in [4.69, 9.17) is 0 Å². The SMILES string of the molecule is Cc1cccc2c(O)c3c(O)cccc3c(C)c12. The second-order valence-corrected chi connectivity index (χ2v) is 4.67. The number of hydrogen-bond donors (Lipinski definition) is 2. The van der Waals surface area contributed by atoms with Gasteiger partial charge in [0.1, 0.15) is 11.5 Å². The van der Waals surface area contributed by atoms with Crippen LogP contribution in [0, 0.1) is 13.8 Å². The lowest BCUT2D eigenvalue weighted by molar-refractivity contribution is 0.467. The van der Waals surface area contributed by atoms with Gasteiger partial charge in [-0.05, 0) is 41.8 Å². The van der Waals surface area contributed by atoms with Gasteiger partial charge in [-0.3, -0.25) is 0 Å². The number of phenols is 2. The molecule has 2 N–H and O–H groups in total. The van der Waals surface area contributed by atoms with Crippen LogP contribution in [-0.4, -0.2) is 10.2 Å². The molecule has 3 aromatic carbocycles. The van der Waals surface area contributed by atoms with Gasteiger partial charge < -0.3 is 10.2 Å². The van der Waals surface area contributed by atoms with Gasteiger partial charge in [0.25, 0.3) is 0 Å². The summed E-state index contributed by atoms with van der Waals surface area (Å²) in [5.41, 5.74) is 2.22. The Kier molecular flexibility index (Phi) is 2.20. The Labute approximate surface area is 105 Å². The molecule has 0 bridgehead atoms. The third kappa shape index (κ3) is 1.29. The van der Waals surface area contributed by atoms with Gasteiger partial charge in [0.2, 0.25) is 0 Å². The number of aryl methyl sites for hydroxylation is 2. The van der Waals surface area contributed by atoms with Crippen molar-refractivity contribution in [3.05, 3.63) is 47.5 Å². The van der Waals surface area contributed by atoms with Crippen molar-refractivity contribution in [2.24, 2.45) is 0 Å². The van der Waals surface area contributed by atoms with E-state index in [1.54, 1.807) is 12.1 Å². The quantitative estimate of drug-likeness (QED) is 0.581. The van der Waals surface area contributed by atoms with Gasteiger partial charge in [0.15, 0.2) is 0 Å². The Bertz CT molecular complexity index is 705. The molecule has 3 rings (SSSR count). The van der Waals surface area contributed by atoms with Crippen molar-refractivity contribution >= 4 is 21.5 Å². The number of benzene rings is 3. The number of phenolic OH excluding ortho intramolecular Hbond substituents is 2. The van der Waals surface area contributed by atoms with Crippen molar-refractivity contribution in [3.63, 3.8) is 0 Å². The molecule has 0 spiro atoms. The van der Waals surface area contributed by atoms with Gasteiger partial charge in [-0.15, -0.1) is 0 Å². The fourth-order valence-corrected chi connectivity index (χ4v) is 2.73. The minimum Gasteiger partial charge on any atom is -0.507 e. The summed E-state index contributed by atoms with van der Waals surface area (Å²) in [6, 6.07) is 11.2. The summed E-state index contributed by atoms with van der Waals surface area (Å²) in [7, 11) is 0. The van der Waals surface area contributed by atoms with Crippen LogP contribution < -0.4 is 0 Å². The van der Waals surface area contributed by atoms with Crippen molar-refractivity contribution in [2.45, 2.75) is 13.8 Å². The lowest BCUT2D eigenvalue weighted by atomic mass is 9.93. The molecule has 0 amide bonds. The molecule has 0 aromatic heterocycles. The van der Waals surface area contributed by atoms with E-state index >= 15 is 0 Å². The highest BCUT2D eigenvalue weighted by Gasteiger charge is 2.14. The smallest absolute Gasteiger partial charge is 0.134 e. The molecule has 0 saturated heterocycles. The van der Waals surface area contributed by atoms with Gasteiger partial charge in [0.05, 0.1) is 5.39 Å². The maximum atomic E-state index is 10.4. The first-order chi connectivity index (χ1) is 8.61. The van der Waals surface area contributed by atoms with Crippen molar-refractivity contribution in [1.29, 1.82) is 0 Å². The Morgan fingerprint density at radius 1 is 0.778 bits per heavy atom. The van der Waals surface area contributed by atoms with E-state index in [2.05, 4.69) is 0 Å². The van der Waals surface area contributed by atoms with Crippen LogP contribution in [-0.2, 0) is 0 Å². The summed E-state index contributed by atoms with van der Waals surface area (Å²) in [5.74, 6) is 0.281. The Morgan fingerprint density at radius 3 is 2.22 bits per heavy atom. The summed E-state index contributed by atoms with van der Waals surface area (Å²) in [6.07, 6.45) is 0. The van der Waals surface area contributed by atoms with Crippen molar-refractivity contribution in [2.75, 3.05) is 0 Å². The molecular weight excluding hydrogens is 224 g/mol. The van der Waals surface area contributed by atoms with Gasteiger partial charge in [0, 0.05) is 5.39 Å². The van der Waals surface area contributed by atoms with Gasteiger partial charge in [-0.1, -0.05) is 30.3 Å². The number of fused-ring (bicyclic) bond motifs is 2. The standard InChI is InChI=1S/C16H14O2/c1-9-5-3-7-12-14(9)10(2)11-6-4-8-13(17)15(11)16(12)18/h3-8,17-18H,1-2H3. The average molecular weight is 238 g/mol. The van der Waals surface area contributed by atoms with Crippen LogP contribution in [0.3, 0.4) is 0 Å². The molecule has 3 aromatic rings. The molecule has 0 aliphatic rings. The molecule has 0 aliphatic carbocycles. The van der Waals surface area contributed by atoms with Crippen molar-refractivity contribution in [1.82, 2.24) is 0 Å². The lowest BCUT2D eigenvalue weighted by Crippen LogP contribution is -1.88. The van der Waals surface area contributed by atoms with Crippen molar-refractivity contribution in [3.8, 4) is 11.5 Å². The average Bonchev–Trinajstić information content (AvgIpc) is 2.35. The third-order valence-electron chi connectivity index (χ3n) is 3.59. The van der Waals surface area contributed by atoms with E-state index in [1.165, 1.54) is 0 Å². The Morgan fingerprint density at radius 2 is 1.44 bits per heavy atom. The molecule has 0 atom stereocenters. The molecule has 0 unspecified atom stereocenters. The molecule has 0 radical (unpaired) electrons. The largest absolute Gasteiger partial charge is 0.507 e. The summed E-state index contributed by atoms with van der Waals surface area (Å²) < 4.78 is 0. The highest BCUT2D eigenvalue weighted by atomic mass is 16.3. The van der Waals surface area contributed by atoms with Crippen LogP contribution in [0.2, 0.25) is 0 Å². The van der Waals surface area contributed by atoms with E-state index in [1.807, 2.05) is 38.1 Å². The number of hydrogen-bond acceptors (Lipinski definition) is 2. The predicted octanol–water partition coefficient (Wildman–Crippen LogP) is 4.02. The van der Waals surface area contributed by atoms with E-state index < -0.39 is 0 Å². The third-order valence-corrected chi connectivity index (χ3v) is 3.59. The molecule has 90 valence electrons. The van der Waals surface area contributed by atoms with E-state index in [9.17, 15) is 10.2 Å². The zero-order valence-electron chi connectivity index (χ0n) is 10.4. The van der Waals surface area contributed by atoms with Gasteiger partial charge in [-0.2, -0.15) is 0 Å². The summed E-state index contributed by atoms with van der Waals surface area (Å²) >= 11 is 0. The first kappa shape index (κ1) is 10.9. The van der Waals surface area contributed by atoms with E-state index in [0.717, 1.165) is 27.3 Å². The number of rotatable bonds is 0.